The first-order valence-electron chi connectivity index (χ1n) is 3.04. The van der Waals surface area contributed by atoms with Crippen molar-refractivity contribution in [3.05, 3.63) is 22.4 Å². The average Bonchev–Trinajstić information content (AvgIpc) is 2.53. The number of fused-ring (bicyclic) bond motifs is 1. The second kappa shape index (κ2) is 2.46. The molecule has 0 atom stereocenters. The van der Waals surface area contributed by atoms with Crippen LogP contribution in [0.5, 0.6) is 0 Å². The van der Waals surface area contributed by atoms with Gasteiger partial charge in [-0.1, -0.05) is 22.9 Å². The highest BCUT2D eigenvalue weighted by Crippen LogP contribution is 2.20. The molecule has 0 unspecified atom stereocenters. The molecule has 2 aromatic rings. The molecular formula is C6H3ClN2O2S. The minimum Gasteiger partial charge on any atom is -0.477 e. The zero-order valence-corrected chi connectivity index (χ0v) is 7.26. The van der Waals surface area contributed by atoms with Crippen LogP contribution in [0.15, 0.2) is 12.4 Å². The quantitative estimate of drug-likeness (QED) is 0.767. The minimum atomic E-state index is -0.957. The smallest absolute Gasteiger partial charge is 0.347 e. The van der Waals surface area contributed by atoms with Crippen LogP contribution in [-0.2, 0) is 0 Å². The van der Waals surface area contributed by atoms with Crippen LogP contribution in [0.2, 0.25) is 5.15 Å². The van der Waals surface area contributed by atoms with Crippen LogP contribution in [0.25, 0.3) is 4.96 Å². The number of hydrogen-bond donors (Lipinski definition) is 1. The van der Waals surface area contributed by atoms with E-state index in [2.05, 4.69) is 4.98 Å². The monoisotopic (exact) mass is 202 g/mol. The molecule has 0 saturated carbocycles. The highest BCUT2D eigenvalue weighted by atomic mass is 35.5. The first kappa shape index (κ1) is 7.57. The number of carboxylic acids is 1. The molecule has 0 bridgehead atoms. The standard InChI is InChI=1S/C6H3ClN2O2S/c7-4-1-8-6-9(4)2-3(12-6)5(10)11/h1-2H,(H,10,11). The Bertz CT molecular complexity index is 447. The first-order chi connectivity index (χ1) is 5.68. The van der Waals surface area contributed by atoms with Gasteiger partial charge in [-0.15, -0.1) is 0 Å². The van der Waals surface area contributed by atoms with Gasteiger partial charge in [0.2, 0.25) is 0 Å². The summed E-state index contributed by atoms with van der Waals surface area (Å²) in [6.45, 7) is 0. The van der Waals surface area contributed by atoms with Gasteiger partial charge >= 0.3 is 5.97 Å². The highest BCUT2D eigenvalue weighted by molar-refractivity contribution is 7.18. The second-order valence-electron chi connectivity index (χ2n) is 2.13. The topological polar surface area (TPSA) is 54.6 Å². The predicted octanol–water partition coefficient (Wildman–Crippen LogP) is 1.75. The van der Waals surface area contributed by atoms with E-state index < -0.39 is 5.97 Å². The lowest BCUT2D eigenvalue weighted by atomic mass is 10.6. The van der Waals surface area contributed by atoms with Crippen LogP contribution in [0.1, 0.15) is 9.67 Å². The maximum absolute atomic E-state index is 10.5. The van der Waals surface area contributed by atoms with Crippen LogP contribution in [-0.4, -0.2) is 20.5 Å². The summed E-state index contributed by atoms with van der Waals surface area (Å²) in [4.78, 5) is 15.2. The Morgan fingerprint density at radius 1 is 1.75 bits per heavy atom. The van der Waals surface area contributed by atoms with Gasteiger partial charge in [0.25, 0.3) is 0 Å². The first-order valence-corrected chi connectivity index (χ1v) is 4.23. The van der Waals surface area contributed by atoms with Crippen molar-refractivity contribution in [1.29, 1.82) is 0 Å². The molecule has 0 aromatic carbocycles. The van der Waals surface area contributed by atoms with Gasteiger partial charge in [-0.05, 0) is 0 Å². The Labute approximate surface area is 76.0 Å². The van der Waals surface area contributed by atoms with Crippen molar-refractivity contribution < 1.29 is 9.90 Å². The van der Waals surface area contributed by atoms with E-state index in [0.29, 0.717) is 10.1 Å². The molecule has 2 rings (SSSR count). The Kier molecular flexibility index (Phi) is 1.55. The molecule has 4 nitrogen and oxygen atoms in total. The van der Waals surface area contributed by atoms with Gasteiger partial charge < -0.3 is 5.11 Å². The molecule has 0 aliphatic carbocycles. The molecule has 1 N–H and O–H groups in total. The van der Waals surface area contributed by atoms with E-state index in [1.165, 1.54) is 16.8 Å². The van der Waals surface area contributed by atoms with E-state index in [-0.39, 0.29) is 4.88 Å². The molecule has 0 saturated heterocycles. The Morgan fingerprint density at radius 2 is 2.50 bits per heavy atom. The molecule has 0 aliphatic rings. The van der Waals surface area contributed by atoms with Crippen LogP contribution in [0.3, 0.4) is 0 Å². The lowest BCUT2D eigenvalue weighted by Crippen LogP contribution is -1.90. The molecule has 0 spiro atoms. The third-order valence-electron chi connectivity index (χ3n) is 1.38. The summed E-state index contributed by atoms with van der Waals surface area (Å²) in [5, 5.41) is 9.05. The third kappa shape index (κ3) is 0.981. The van der Waals surface area contributed by atoms with E-state index in [4.69, 9.17) is 16.7 Å². The molecule has 0 aliphatic heterocycles. The van der Waals surface area contributed by atoms with Crippen LogP contribution in [0.4, 0.5) is 0 Å². The number of nitrogens with zero attached hydrogens (tertiary/aromatic N) is 2. The highest BCUT2D eigenvalue weighted by Gasteiger charge is 2.10. The van der Waals surface area contributed by atoms with E-state index in [9.17, 15) is 4.79 Å². The number of thiazole rings is 1. The number of hydrogen-bond acceptors (Lipinski definition) is 3. The maximum Gasteiger partial charge on any atom is 0.347 e. The van der Waals surface area contributed by atoms with Gasteiger partial charge in [0.1, 0.15) is 10.0 Å². The fraction of sp³-hybridized carbons (Fsp3) is 0. The van der Waals surface area contributed by atoms with Crippen LogP contribution in [0, 0.1) is 0 Å². The zero-order valence-electron chi connectivity index (χ0n) is 5.69. The number of halogens is 1. The fourth-order valence-electron chi connectivity index (χ4n) is 0.857. The van der Waals surface area contributed by atoms with Crippen molar-refractivity contribution in [1.82, 2.24) is 9.38 Å². The van der Waals surface area contributed by atoms with Crippen molar-refractivity contribution in [2.24, 2.45) is 0 Å². The number of aromatic nitrogens is 2. The molecule has 0 radical (unpaired) electrons. The van der Waals surface area contributed by atoms with Gasteiger partial charge in [0, 0.05) is 6.20 Å². The molecule has 62 valence electrons. The fourth-order valence-corrected chi connectivity index (χ4v) is 1.88. The Morgan fingerprint density at radius 3 is 3.08 bits per heavy atom. The summed E-state index contributed by atoms with van der Waals surface area (Å²) in [5.41, 5.74) is 0. The second-order valence-corrected chi connectivity index (χ2v) is 3.53. The maximum atomic E-state index is 10.5. The predicted molar refractivity (Wildman–Crippen MR) is 45.0 cm³/mol. The number of rotatable bonds is 1. The summed E-state index contributed by atoms with van der Waals surface area (Å²) >= 11 is 6.80. The third-order valence-corrected chi connectivity index (χ3v) is 2.64. The SMILES string of the molecule is O=C(O)c1cn2c(Cl)cnc2s1. The van der Waals surface area contributed by atoms with E-state index >= 15 is 0 Å². The zero-order chi connectivity index (χ0) is 8.72. The van der Waals surface area contributed by atoms with Gasteiger partial charge in [-0.2, -0.15) is 0 Å². The molecule has 12 heavy (non-hydrogen) atoms. The molecular weight excluding hydrogens is 200 g/mol. The van der Waals surface area contributed by atoms with Gasteiger partial charge in [0.15, 0.2) is 4.96 Å². The molecule has 2 aromatic heterocycles. The minimum absolute atomic E-state index is 0.236. The van der Waals surface area contributed by atoms with E-state index in [1.807, 2.05) is 0 Å². The molecule has 0 amide bonds. The number of aromatic carboxylic acids is 1. The summed E-state index contributed by atoms with van der Waals surface area (Å²) in [6.07, 6.45) is 2.94. The number of carbonyl (C=O) groups is 1. The van der Waals surface area contributed by atoms with Crippen molar-refractivity contribution in [2.75, 3.05) is 0 Å². The van der Waals surface area contributed by atoms with E-state index in [1.54, 1.807) is 0 Å². The largest absolute Gasteiger partial charge is 0.477 e. The Balaban J connectivity index is 2.70. The lowest BCUT2D eigenvalue weighted by Gasteiger charge is -1.82. The van der Waals surface area contributed by atoms with Crippen molar-refractivity contribution in [3.8, 4) is 0 Å². The lowest BCUT2D eigenvalue weighted by molar-refractivity contribution is 0.0702. The summed E-state index contributed by atoms with van der Waals surface area (Å²) in [6, 6.07) is 0. The van der Waals surface area contributed by atoms with Crippen molar-refractivity contribution in [3.63, 3.8) is 0 Å². The van der Waals surface area contributed by atoms with Crippen LogP contribution >= 0.6 is 22.9 Å². The number of carboxylic acid groups (broad SMARTS) is 1. The normalized spacial score (nSPS) is 10.8. The van der Waals surface area contributed by atoms with Gasteiger partial charge in [-0.25, -0.2) is 9.78 Å². The van der Waals surface area contributed by atoms with Crippen LogP contribution < -0.4 is 0 Å². The average molecular weight is 203 g/mol. The summed E-state index contributed by atoms with van der Waals surface area (Å²) < 4.78 is 1.54. The molecule has 0 fully saturated rings. The van der Waals surface area contributed by atoms with Gasteiger partial charge in [-0.3, -0.25) is 4.40 Å². The Hall–Kier alpha value is -1.07. The van der Waals surface area contributed by atoms with Gasteiger partial charge in [0.05, 0.1) is 6.20 Å². The van der Waals surface area contributed by atoms with E-state index in [0.717, 1.165) is 11.3 Å². The summed E-state index contributed by atoms with van der Waals surface area (Å²) in [5.74, 6) is -0.957. The van der Waals surface area contributed by atoms with Crippen molar-refractivity contribution in [2.45, 2.75) is 0 Å². The molecule has 6 heteroatoms. The molecule has 2 heterocycles. The van der Waals surface area contributed by atoms with Crippen molar-refractivity contribution >= 4 is 33.9 Å². The summed E-state index contributed by atoms with van der Waals surface area (Å²) in [7, 11) is 0. The number of imidazole rings is 1.